The molecule has 0 atom stereocenters. The van der Waals surface area contributed by atoms with Gasteiger partial charge in [0.05, 0.1) is 5.41 Å². The Balaban J connectivity index is 1.49. The van der Waals surface area contributed by atoms with E-state index in [1.165, 1.54) is 44.9 Å². The van der Waals surface area contributed by atoms with Crippen LogP contribution in [0, 0.1) is 16.7 Å². The van der Waals surface area contributed by atoms with E-state index in [1.54, 1.807) is 0 Å². The maximum absolute atomic E-state index is 11.8. The minimum absolute atomic E-state index is 0.164. The Morgan fingerprint density at radius 2 is 2.07 bits per heavy atom. The molecule has 0 bridgehead atoms. The molecule has 1 amide bonds. The quantitative estimate of drug-likeness (QED) is 0.737. The zero-order valence-corrected chi connectivity index (χ0v) is 9.64. The molecule has 15 heavy (non-hydrogen) atoms. The molecule has 0 aromatic carbocycles. The minimum Gasteiger partial charge on any atom is -0.355 e. The van der Waals surface area contributed by atoms with Crippen LogP contribution in [-0.2, 0) is 4.79 Å². The van der Waals surface area contributed by atoms with Crippen LogP contribution in [0.5, 0.6) is 0 Å². The largest absolute Gasteiger partial charge is 0.355 e. The first kappa shape index (κ1) is 9.68. The molecule has 0 radical (unpaired) electrons. The van der Waals surface area contributed by atoms with Crippen molar-refractivity contribution in [3.8, 4) is 0 Å². The van der Waals surface area contributed by atoms with E-state index in [9.17, 15) is 4.79 Å². The lowest BCUT2D eigenvalue weighted by Crippen LogP contribution is -2.43. The van der Waals surface area contributed by atoms with Gasteiger partial charge >= 0.3 is 0 Å². The first-order chi connectivity index (χ1) is 7.21. The number of hydrogen-bond acceptors (Lipinski definition) is 1. The van der Waals surface area contributed by atoms with Gasteiger partial charge in [0, 0.05) is 6.54 Å². The van der Waals surface area contributed by atoms with Crippen molar-refractivity contribution in [3.05, 3.63) is 0 Å². The van der Waals surface area contributed by atoms with Gasteiger partial charge in [-0.3, -0.25) is 4.79 Å². The lowest BCUT2D eigenvalue weighted by atomic mass is 9.66. The Labute approximate surface area is 91.8 Å². The molecular formula is C13H21NO. The molecule has 3 aliphatic carbocycles. The van der Waals surface area contributed by atoms with Crippen molar-refractivity contribution in [2.45, 2.75) is 51.9 Å². The first-order valence-electron chi connectivity index (χ1n) is 6.49. The van der Waals surface area contributed by atoms with Crippen molar-refractivity contribution in [1.82, 2.24) is 5.32 Å². The topological polar surface area (TPSA) is 29.1 Å². The van der Waals surface area contributed by atoms with Crippen LogP contribution in [0.15, 0.2) is 0 Å². The SMILES string of the molecule is CCCC1(CNC(=O)C23CC2C3)CCC1. The normalized spacial score (nSPS) is 38.9. The Morgan fingerprint density at radius 3 is 2.47 bits per heavy atom. The summed E-state index contributed by atoms with van der Waals surface area (Å²) >= 11 is 0. The molecule has 0 aliphatic heterocycles. The van der Waals surface area contributed by atoms with Crippen molar-refractivity contribution in [2.75, 3.05) is 6.54 Å². The summed E-state index contributed by atoms with van der Waals surface area (Å²) in [7, 11) is 0. The van der Waals surface area contributed by atoms with E-state index in [0.717, 1.165) is 12.5 Å². The van der Waals surface area contributed by atoms with Crippen molar-refractivity contribution in [1.29, 1.82) is 0 Å². The second kappa shape index (κ2) is 2.99. The molecule has 84 valence electrons. The number of carbonyl (C=O) groups is 1. The van der Waals surface area contributed by atoms with Crippen LogP contribution in [-0.4, -0.2) is 12.5 Å². The van der Waals surface area contributed by atoms with Crippen LogP contribution in [0.2, 0.25) is 0 Å². The molecule has 2 nitrogen and oxygen atoms in total. The molecule has 0 aromatic heterocycles. The van der Waals surface area contributed by atoms with E-state index in [4.69, 9.17) is 0 Å². The third-order valence-corrected chi connectivity index (χ3v) is 4.95. The Kier molecular flexibility index (Phi) is 1.93. The fourth-order valence-corrected chi connectivity index (χ4v) is 3.24. The molecule has 1 N–H and O–H groups in total. The highest BCUT2D eigenvalue weighted by molar-refractivity contribution is 5.90. The van der Waals surface area contributed by atoms with E-state index in [1.807, 2.05) is 0 Å². The number of hydrogen-bond donors (Lipinski definition) is 1. The molecule has 3 rings (SSSR count). The van der Waals surface area contributed by atoms with Crippen LogP contribution in [0.4, 0.5) is 0 Å². The average molecular weight is 207 g/mol. The summed E-state index contributed by atoms with van der Waals surface area (Å²) < 4.78 is 0. The van der Waals surface area contributed by atoms with Crippen molar-refractivity contribution in [2.24, 2.45) is 16.7 Å². The van der Waals surface area contributed by atoms with Gasteiger partial charge in [-0.25, -0.2) is 0 Å². The van der Waals surface area contributed by atoms with Gasteiger partial charge in [-0.2, -0.15) is 0 Å². The zero-order valence-electron chi connectivity index (χ0n) is 9.64. The van der Waals surface area contributed by atoms with Gasteiger partial charge in [-0.05, 0) is 43.4 Å². The molecule has 0 saturated heterocycles. The molecule has 3 aliphatic rings. The smallest absolute Gasteiger partial charge is 0.226 e. The van der Waals surface area contributed by atoms with Crippen LogP contribution < -0.4 is 5.32 Å². The van der Waals surface area contributed by atoms with Gasteiger partial charge in [0.25, 0.3) is 0 Å². The van der Waals surface area contributed by atoms with Crippen molar-refractivity contribution in [3.63, 3.8) is 0 Å². The standard InChI is InChI=1S/C13H21NO/c1-2-4-12(5-3-6-12)9-14-11(15)13-7-10(13)8-13/h10H,2-9H2,1H3,(H,14,15). The molecule has 2 heteroatoms. The average Bonchev–Trinajstić information content (AvgIpc) is 2.95. The highest BCUT2D eigenvalue weighted by Crippen LogP contribution is 2.75. The Bertz CT molecular complexity index is 287. The van der Waals surface area contributed by atoms with E-state index >= 15 is 0 Å². The third-order valence-electron chi connectivity index (χ3n) is 4.95. The predicted octanol–water partition coefficient (Wildman–Crippen LogP) is 2.48. The van der Waals surface area contributed by atoms with Gasteiger partial charge in [0.1, 0.15) is 0 Å². The number of nitrogens with one attached hydrogen (secondary N) is 1. The number of amides is 1. The molecular weight excluding hydrogens is 186 g/mol. The Morgan fingerprint density at radius 1 is 1.40 bits per heavy atom. The summed E-state index contributed by atoms with van der Waals surface area (Å²) in [5, 5.41) is 3.22. The lowest BCUT2D eigenvalue weighted by molar-refractivity contribution is -0.125. The van der Waals surface area contributed by atoms with Crippen molar-refractivity contribution < 1.29 is 4.79 Å². The minimum atomic E-state index is 0.164. The molecule has 3 fully saturated rings. The Hall–Kier alpha value is -0.530. The van der Waals surface area contributed by atoms with Crippen LogP contribution in [0.1, 0.15) is 51.9 Å². The summed E-state index contributed by atoms with van der Waals surface area (Å²) in [6.07, 6.45) is 8.94. The molecule has 0 unspecified atom stereocenters. The number of carbonyl (C=O) groups excluding carboxylic acids is 1. The van der Waals surface area contributed by atoms with Crippen LogP contribution in [0.25, 0.3) is 0 Å². The molecule has 0 spiro atoms. The van der Waals surface area contributed by atoms with E-state index < -0.39 is 0 Å². The van der Waals surface area contributed by atoms with E-state index in [0.29, 0.717) is 11.3 Å². The van der Waals surface area contributed by atoms with Gasteiger partial charge in [0.15, 0.2) is 0 Å². The molecule has 0 heterocycles. The molecule has 3 saturated carbocycles. The van der Waals surface area contributed by atoms with Gasteiger partial charge in [0.2, 0.25) is 5.91 Å². The summed E-state index contributed by atoms with van der Waals surface area (Å²) in [5.74, 6) is 1.15. The number of rotatable bonds is 5. The third kappa shape index (κ3) is 1.41. The summed E-state index contributed by atoms with van der Waals surface area (Å²) in [6, 6.07) is 0. The van der Waals surface area contributed by atoms with E-state index in [-0.39, 0.29) is 5.41 Å². The summed E-state index contributed by atoms with van der Waals surface area (Å²) in [4.78, 5) is 11.8. The second-order valence-corrected chi connectivity index (χ2v) is 6.05. The molecule has 0 aromatic rings. The maximum Gasteiger partial charge on any atom is 0.226 e. The summed E-state index contributed by atoms with van der Waals surface area (Å²) in [6.45, 7) is 3.20. The van der Waals surface area contributed by atoms with Crippen LogP contribution >= 0.6 is 0 Å². The number of fused-ring (bicyclic) bond motifs is 1. The highest BCUT2D eigenvalue weighted by Gasteiger charge is 2.74. The second-order valence-electron chi connectivity index (χ2n) is 6.05. The monoisotopic (exact) mass is 207 g/mol. The van der Waals surface area contributed by atoms with Gasteiger partial charge in [-0.15, -0.1) is 0 Å². The lowest BCUT2D eigenvalue weighted by Gasteiger charge is -2.42. The summed E-state index contributed by atoms with van der Waals surface area (Å²) in [5.41, 5.74) is 0.650. The van der Waals surface area contributed by atoms with Gasteiger partial charge < -0.3 is 5.32 Å². The highest BCUT2D eigenvalue weighted by atomic mass is 16.2. The maximum atomic E-state index is 11.8. The first-order valence-corrected chi connectivity index (χ1v) is 6.49. The van der Waals surface area contributed by atoms with Crippen molar-refractivity contribution >= 4 is 5.91 Å². The van der Waals surface area contributed by atoms with Gasteiger partial charge in [-0.1, -0.05) is 19.8 Å². The zero-order chi connectivity index (χ0) is 10.5. The van der Waals surface area contributed by atoms with Crippen LogP contribution in [0.3, 0.4) is 0 Å². The predicted molar refractivity (Wildman–Crippen MR) is 59.4 cm³/mol. The fraction of sp³-hybridized carbons (Fsp3) is 0.923. The fourth-order valence-electron chi connectivity index (χ4n) is 3.24. The van der Waals surface area contributed by atoms with E-state index in [2.05, 4.69) is 12.2 Å².